The molecular weight excluding hydrogens is 430 g/mol. The fraction of sp³-hybridized carbons (Fsp3) is 0.190. The van der Waals surface area contributed by atoms with Crippen LogP contribution < -0.4 is 9.47 Å². The summed E-state index contributed by atoms with van der Waals surface area (Å²) < 4.78 is 15.3. The minimum Gasteiger partial charge on any atom is -0.490 e. The van der Waals surface area contributed by atoms with Gasteiger partial charge in [-0.05, 0) is 47.7 Å². The number of ether oxygens (including phenoxy) is 3. The first-order chi connectivity index (χ1) is 14.5. The molecule has 0 bridgehead atoms. The average Bonchev–Trinajstić information content (AvgIpc) is 3.01. The predicted molar refractivity (Wildman–Crippen MR) is 114 cm³/mol. The maximum Gasteiger partial charge on any atom is 0.343 e. The Morgan fingerprint density at radius 2 is 1.83 bits per heavy atom. The summed E-state index contributed by atoms with van der Waals surface area (Å²) in [5.41, 5.74) is 0.721. The van der Waals surface area contributed by atoms with E-state index >= 15 is 0 Å². The van der Waals surface area contributed by atoms with Gasteiger partial charge in [0, 0.05) is 0 Å². The van der Waals surface area contributed by atoms with Crippen LogP contribution in [0, 0.1) is 0 Å². The third-order valence-corrected chi connectivity index (χ3v) is 5.26. The van der Waals surface area contributed by atoms with E-state index in [-0.39, 0.29) is 30.9 Å². The van der Waals surface area contributed by atoms with E-state index in [9.17, 15) is 14.4 Å². The van der Waals surface area contributed by atoms with Crippen LogP contribution in [0.25, 0.3) is 6.08 Å². The highest BCUT2D eigenvalue weighted by Crippen LogP contribution is 2.32. The Labute approximate surface area is 182 Å². The van der Waals surface area contributed by atoms with Gasteiger partial charge in [0.05, 0.1) is 23.6 Å². The maximum absolute atomic E-state index is 12.6. The summed E-state index contributed by atoms with van der Waals surface area (Å²) in [7, 11) is 1.28. The van der Waals surface area contributed by atoms with E-state index in [1.165, 1.54) is 7.11 Å². The molecule has 7 nitrogen and oxygen atoms in total. The fourth-order valence-corrected chi connectivity index (χ4v) is 3.57. The largest absolute Gasteiger partial charge is 0.490 e. The zero-order chi connectivity index (χ0) is 21.5. The number of halogens is 1. The number of para-hydroxylation sites is 1. The molecule has 1 aliphatic rings. The second-order valence-corrected chi connectivity index (χ2v) is 7.45. The van der Waals surface area contributed by atoms with Crippen LogP contribution in [0.5, 0.6) is 11.5 Å². The lowest BCUT2D eigenvalue weighted by atomic mass is 10.2. The molecule has 0 radical (unpaired) electrons. The molecule has 1 saturated heterocycles. The van der Waals surface area contributed by atoms with Gasteiger partial charge in [-0.1, -0.05) is 35.9 Å². The van der Waals surface area contributed by atoms with Crippen molar-refractivity contribution in [1.29, 1.82) is 0 Å². The van der Waals surface area contributed by atoms with E-state index in [2.05, 4.69) is 4.74 Å². The van der Waals surface area contributed by atoms with Crippen LogP contribution in [0.15, 0.2) is 53.4 Å². The van der Waals surface area contributed by atoms with Crippen molar-refractivity contribution < 1.29 is 28.6 Å². The lowest BCUT2D eigenvalue weighted by Crippen LogP contribution is -2.32. The maximum atomic E-state index is 12.6. The molecule has 2 aromatic rings. The number of rotatable bonds is 8. The molecule has 0 saturated carbocycles. The van der Waals surface area contributed by atoms with Crippen molar-refractivity contribution in [2.75, 3.05) is 26.9 Å². The number of amides is 2. The quantitative estimate of drug-likeness (QED) is 0.446. The molecule has 2 aromatic carbocycles. The molecule has 0 atom stereocenters. The van der Waals surface area contributed by atoms with E-state index in [0.717, 1.165) is 22.2 Å². The van der Waals surface area contributed by atoms with Gasteiger partial charge in [0.15, 0.2) is 6.61 Å². The van der Waals surface area contributed by atoms with Crippen LogP contribution in [-0.4, -0.2) is 48.9 Å². The summed E-state index contributed by atoms with van der Waals surface area (Å²) in [5.74, 6) is 0.128. The number of thioether (sulfide) groups is 1. The molecule has 3 rings (SSSR count). The summed E-state index contributed by atoms with van der Waals surface area (Å²) >= 11 is 6.90. The summed E-state index contributed by atoms with van der Waals surface area (Å²) in [6, 6.07) is 13.8. The average molecular weight is 448 g/mol. The molecule has 0 N–H and O–H groups in total. The normalized spacial score (nSPS) is 14.9. The Bertz CT molecular complexity index is 976. The van der Waals surface area contributed by atoms with Crippen LogP contribution in [0.1, 0.15) is 5.56 Å². The number of nitrogens with zero attached hydrogens (tertiary/aromatic N) is 1. The summed E-state index contributed by atoms with van der Waals surface area (Å²) in [4.78, 5) is 37.3. The van der Waals surface area contributed by atoms with Gasteiger partial charge in [0.2, 0.25) is 0 Å². The summed E-state index contributed by atoms with van der Waals surface area (Å²) in [6.45, 7) is 0.0693. The van der Waals surface area contributed by atoms with Crippen LogP contribution >= 0.6 is 23.4 Å². The minimum atomic E-state index is -0.480. The Morgan fingerprint density at radius 1 is 1.10 bits per heavy atom. The van der Waals surface area contributed by atoms with Gasteiger partial charge >= 0.3 is 5.97 Å². The van der Waals surface area contributed by atoms with Crippen molar-refractivity contribution in [3.05, 3.63) is 64.0 Å². The Balaban J connectivity index is 1.57. The van der Waals surface area contributed by atoms with Gasteiger partial charge in [-0.25, -0.2) is 4.79 Å². The molecule has 0 unspecified atom stereocenters. The van der Waals surface area contributed by atoms with Crippen molar-refractivity contribution in [2.45, 2.75) is 0 Å². The fourth-order valence-electron chi connectivity index (χ4n) is 2.51. The molecule has 30 heavy (non-hydrogen) atoms. The van der Waals surface area contributed by atoms with E-state index < -0.39 is 5.97 Å². The number of imide groups is 1. The van der Waals surface area contributed by atoms with E-state index in [1.54, 1.807) is 54.6 Å². The zero-order valence-corrected chi connectivity index (χ0v) is 17.6. The first-order valence-corrected chi connectivity index (χ1v) is 10.1. The molecule has 0 aliphatic carbocycles. The molecule has 0 spiro atoms. The third-order valence-electron chi connectivity index (χ3n) is 4.04. The van der Waals surface area contributed by atoms with Crippen molar-refractivity contribution in [3.63, 3.8) is 0 Å². The molecule has 9 heteroatoms. The Morgan fingerprint density at radius 3 is 2.53 bits per heavy atom. The van der Waals surface area contributed by atoms with Crippen LogP contribution in [-0.2, 0) is 14.3 Å². The molecule has 0 aromatic heterocycles. The number of carbonyl (C=O) groups is 3. The monoisotopic (exact) mass is 447 g/mol. The molecule has 1 heterocycles. The van der Waals surface area contributed by atoms with Gasteiger partial charge < -0.3 is 14.2 Å². The zero-order valence-electron chi connectivity index (χ0n) is 16.0. The van der Waals surface area contributed by atoms with Gasteiger partial charge in [-0.3, -0.25) is 14.5 Å². The number of hydrogen-bond acceptors (Lipinski definition) is 7. The van der Waals surface area contributed by atoms with Gasteiger partial charge in [0.25, 0.3) is 11.1 Å². The molecular formula is C21H18ClNO6S. The highest BCUT2D eigenvalue weighted by Gasteiger charge is 2.34. The number of methoxy groups -OCH3 is 1. The lowest BCUT2D eigenvalue weighted by molar-refractivity contribution is -0.142. The van der Waals surface area contributed by atoms with Gasteiger partial charge in [-0.2, -0.15) is 0 Å². The van der Waals surface area contributed by atoms with Crippen LogP contribution in [0.3, 0.4) is 0 Å². The standard InChI is InChI=1S/C21H18ClNO6S/c1-27-19(24)13-29-15-8-6-14(7-9-15)12-18-20(25)23(21(26)30-18)10-11-28-17-5-3-2-4-16(17)22/h2-9,12H,10-11,13H2,1H3/b18-12-. The second-order valence-electron chi connectivity index (χ2n) is 6.05. The van der Waals surface area contributed by atoms with Gasteiger partial charge in [-0.15, -0.1) is 0 Å². The molecule has 2 amide bonds. The summed E-state index contributed by atoms with van der Waals surface area (Å²) in [6.07, 6.45) is 1.63. The highest BCUT2D eigenvalue weighted by atomic mass is 35.5. The number of hydrogen-bond donors (Lipinski definition) is 0. The highest BCUT2D eigenvalue weighted by molar-refractivity contribution is 8.18. The third kappa shape index (κ3) is 5.55. The van der Waals surface area contributed by atoms with E-state index in [4.69, 9.17) is 21.1 Å². The van der Waals surface area contributed by atoms with Crippen LogP contribution in [0.4, 0.5) is 4.79 Å². The Hall–Kier alpha value is -2.97. The van der Waals surface area contributed by atoms with Crippen molar-refractivity contribution in [3.8, 4) is 11.5 Å². The van der Waals surface area contributed by atoms with Crippen molar-refractivity contribution in [2.24, 2.45) is 0 Å². The van der Waals surface area contributed by atoms with Crippen molar-refractivity contribution in [1.82, 2.24) is 4.90 Å². The molecule has 1 aliphatic heterocycles. The number of carbonyl (C=O) groups excluding carboxylic acids is 3. The van der Waals surface area contributed by atoms with E-state index in [0.29, 0.717) is 21.4 Å². The molecule has 156 valence electrons. The lowest BCUT2D eigenvalue weighted by Gasteiger charge is -2.13. The molecule has 1 fully saturated rings. The van der Waals surface area contributed by atoms with Crippen molar-refractivity contribution >= 4 is 46.6 Å². The topological polar surface area (TPSA) is 82.1 Å². The first kappa shape index (κ1) is 21.7. The van der Waals surface area contributed by atoms with E-state index in [1.807, 2.05) is 0 Å². The smallest absolute Gasteiger partial charge is 0.343 e. The SMILES string of the molecule is COC(=O)COc1ccc(/C=C2\SC(=O)N(CCOc3ccccc3Cl)C2=O)cc1. The second kappa shape index (κ2) is 10.2. The first-order valence-electron chi connectivity index (χ1n) is 8.90. The number of benzene rings is 2. The number of esters is 1. The Kier molecular flexibility index (Phi) is 7.37. The summed E-state index contributed by atoms with van der Waals surface area (Å²) in [5, 5.41) is 0.109. The van der Waals surface area contributed by atoms with Crippen LogP contribution in [0.2, 0.25) is 5.02 Å². The minimum absolute atomic E-state index is 0.119. The predicted octanol–water partition coefficient (Wildman–Crippen LogP) is 4.01. The van der Waals surface area contributed by atoms with Gasteiger partial charge in [0.1, 0.15) is 18.1 Å².